The third-order valence-corrected chi connectivity index (χ3v) is 5.56. The Labute approximate surface area is 176 Å². The second-order valence-electron chi connectivity index (χ2n) is 6.28. The quantitative estimate of drug-likeness (QED) is 0.473. The molecule has 1 aliphatic rings. The predicted molar refractivity (Wildman–Crippen MR) is 102 cm³/mol. The van der Waals surface area contributed by atoms with Crippen LogP contribution < -0.4 is 23.1 Å². The van der Waals surface area contributed by atoms with Crippen molar-refractivity contribution in [1.82, 2.24) is 0 Å². The van der Waals surface area contributed by atoms with Crippen LogP contribution in [0.5, 0.6) is 28.7 Å². The summed E-state index contributed by atoms with van der Waals surface area (Å²) in [5.74, 6) is 0.00561. The first-order chi connectivity index (χ1) is 14.6. The molecule has 2 aromatic carbocycles. The van der Waals surface area contributed by atoms with Crippen molar-refractivity contribution in [2.75, 3.05) is 28.4 Å². The minimum Gasteiger partial charge on any atom is -0.493 e. The molecule has 0 N–H and O–H groups in total. The fourth-order valence-electron chi connectivity index (χ4n) is 3.27. The smallest absolute Gasteiger partial charge is 0.493 e. The van der Waals surface area contributed by atoms with E-state index in [4.69, 9.17) is 23.7 Å². The van der Waals surface area contributed by atoms with Gasteiger partial charge in [0.15, 0.2) is 23.0 Å². The Hall–Kier alpha value is -2.86. The van der Waals surface area contributed by atoms with Crippen molar-refractivity contribution in [3.05, 3.63) is 29.3 Å². The molecule has 0 radical (unpaired) electrons. The van der Waals surface area contributed by atoms with E-state index in [0.717, 1.165) is 0 Å². The molecule has 1 heterocycles. The lowest BCUT2D eigenvalue weighted by Gasteiger charge is -2.21. The molecule has 0 aliphatic carbocycles. The van der Waals surface area contributed by atoms with Gasteiger partial charge in [0.05, 0.1) is 41.7 Å². The van der Waals surface area contributed by atoms with Crippen molar-refractivity contribution in [3.8, 4) is 39.9 Å². The lowest BCUT2D eigenvalue weighted by atomic mass is 9.94. The maximum atomic E-state index is 13.0. The van der Waals surface area contributed by atoms with E-state index in [2.05, 4.69) is 4.18 Å². The molecule has 0 fully saturated rings. The van der Waals surface area contributed by atoms with Gasteiger partial charge < -0.3 is 27.9 Å². The highest BCUT2D eigenvalue weighted by molar-refractivity contribution is 7.88. The largest absolute Gasteiger partial charge is 0.534 e. The molecule has 0 atom stereocenters. The van der Waals surface area contributed by atoms with Gasteiger partial charge in [-0.3, -0.25) is 0 Å². The van der Waals surface area contributed by atoms with E-state index >= 15 is 0 Å². The van der Waals surface area contributed by atoms with Gasteiger partial charge in [0.2, 0.25) is 5.75 Å². The van der Waals surface area contributed by atoms with Crippen LogP contribution in [-0.2, 0) is 28.1 Å². The Bertz CT molecular complexity index is 1100. The lowest BCUT2D eigenvalue weighted by Crippen LogP contribution is -2.28. The van der Waals surface area contributed by atoms with Gasteiger partial charge in [-0.15, -0.1) is 0 Å². The highest BCUT2D eigenvalue weighted by atomic mass is 32.2. The number of alkyl halides is 3. The first kappa shape index (κ1) is 22.8. The van der Waals surface area contributed by atoms with E-state index in [1.54, 1.807) is 12.1 Å². The Kier molecular flexibility index (Phi) is 6.14. The number of hydrogen-bond donors (Lipinski definition) is 0. The number of fused-ring (bicyclic) bond motifs is 3. The van der Waals surface area contributed by atoms with Crippen LogP contribution in [0.3, 0.4) is 0 Å². The van der Waals surface area contributed by atoms with Gasteiger partial charge in [-0.2, -0.15) is 21.6 Å². The summed E-state index contributed by atoms with van der Waals surface area (Å²) >= 11 is 0. The molecule has 8 nitrogen and oxygen atoms in total. The van der Waals surface area contributed by atoms with Crippen LogP contribution in [0.1, 0.15) is 11.1 Å². The Morgan fingerprint density at radius 2 is 1.52 bits per heavy atom. The zero-order chi connectivity index (χ0) is 23.0. The highest BCUT2D eigenvalue weighted by Gasteiger charge is 2.49. The summed E-state index contributed by atoms with van der Waals surface area (Å²) in [5.41, 5.74) is -4.24. The third kappa shape index (κ3) is 3.92. The molecule has 0 spiro atoms. The summed E-state index contributed by atoms with van der Waals surface area (Å²) in [6.45, 7) is -0.216. The topological polar surface area (TPSA) is 89.5 Å². The molecule has 0 saturated carbocycles. The molecule has 1 aliphatic heterocycles. The lowest BCUT2D eigenvalue weighted by molar-refractivity contribution is -0.0501. The standard InChI is InChI=1S/C19H19F3O8S/c1-25-13-6-5-11-12(16(13)30-31(23,24)19(20,21)22)9-29-8-10-7-14(26-2)17(27-3)18(28-4)15(10)11/h5-7H,8-9H2,1-4H3. The van der Waals surface area contributed by atoms with Crippen LogP contribution in [0.25, 0.3) is 11.1 Å². The summed E-state index contributed by atoms with van der Waals surface area (Å²) in [7, 11) is -0.554. The van der Waals surface area contributed by atoms with Gasteiger partial charge in [-0.1, -0.05) is 0 Å². The Morgan fingerprint density at radius 1 is 0.871 bits per heavy atom. The Morgan fingerprint density at radius 3 is 2.06 bits per heavy atom. The fraction of sp³-hybridized carbons (Fsp3) is 0.368. The van der Waals surface area contributed by atoms with Gasteiger partial charge in [-0.05, 0) is 29.3 Å². The normalized spacial score (nSPS) is 13.5. The van der Waals surface area contributed by atoms with Crippen LogP contribution in [0.4, 0.5) is 13.2 Å². The minimum absolute atomic E-state index is 0.0362. The maximum absolute atomic E-state index is 13.0. The predicted octanol–water partition coefficient (Wildman–Crippen LogP) is 3.65. The van der Waals surface area contributed by atoms with Crippen LogP contribution in [0, 0.1) is 0 Å². The summed E-state index contributed by atoms with van der Waals surface area (Å²) in [6.07, 6.45) is 0. The molecule has 0 bridgehead atoms. The van der Waals surface area contributed by atoms with Crippen molar-refractivity contribution in [2.45, 2.75) is 18.7 Å². The van der Waals surface area contributed by atoms with Crippen LogP contribution in [-0.4, -0.2) is 42.4 Å². The first-order valence-corrected chi connectivity index (χ1v) is 10.1. The number of hydrogen-bond acceptors (Lipinski definition) is 8. The monoisotopic (exact) mass is 464 g/mol. The van der Waals surface area contributed by atoms with E-state index in [-0.39, 0.29) is 36.0 Å². The molecule has 31 heavy (non-hydrogen) atoms. The minimum atomic E-state index is -5.96. The SMILES string of the molecule is COc1ccc2c(c1OS(=O)(=O)C(F)(F)F)COCc1cc(OC)c(OC)c(OC)c1-2. The van der Waals surface area contributed by atoms with Crippen molar-refractivity contribution >= 4 is 10.1 Å². The van der Waals surface area contributed by atoms with Gasteiger partial charge in [0, 0.05) is 11.1 Å². The van der Waals surface area contributed by atoms with E-state index in [1.807, 2.05) is 0 Å². The van der Waals surface area contributed by atoms with Gasteiger partial charge >= 0.3 is 15.6 Å². The van der Waals surface area contributed by atoms with Crippen molar-refractivity contribution in [3.63, 3.8) is 0 Å². The molecular weight excluding hydrogens is 445 g/mol. The zero-order valence-corrected chi connectivity index (χ0v) is 17.8. The number of methoxy groups -OCH3 is 4. The second-order valence-corrected chi connectivity index (χ2v) is 7.82. The third-order valence-electron chi connectivity index (χ3n) is 4.61. The summed E-state index contributed by atoms with van der Waals surface area (Å²) in [5, 5.41) is 0. The van der Waals surface area contributed by atoms with Crippen LogP contribution in [0.15, 0.2) is 18.2 Å². The number of halogens is 3. The molecular formula is C19H19F3O8S. The van der Waals surface area contributed by atoms with E-state index < -0.39 is 21.4 Å². The molecule has 12 heteroatoms. The molecule has 0 aromatic heterocycles. The molecule has 170 valence electrons. The number of benzene rings is 2. The van der Waals surface area contributed by atoms with Gasteiger partial charge in [-0.25, -0.2) is 0 Å². The highest BCUT2D eigenvalue weighted by Crippen LogP contribution is 2.51. The maximum Gasteiger partial charge on any atom is 0.534 e. The van der Waals surface area contributed by atoms with E-state index in [0.29, 0.717) is 22.4 Å². The van der Waals surface area contributed by atoms with Crippen molar-refractivity contribution in [1.29, 1.82) is 0 Å². The molecule has 0 unspecified atom stereocenters. The fourth-order valence-corrected chi connectivity index (χ4v) is 3.77. The molecule has 2 aromatic rings. The first-order valence-electron chi connectivity index (χ1n) is 8.70. The number of rotatable bonds is 6. The van der Waals surface area contributed by atoms with Crippen LogP contribution >= 0.6 is 0 Å². The summed E-state index contributed by atoms with van der Waals surface area (Å²) < 4.78 is 93.7. The Balaban J connectivity index is 2.34. The molecule has 3 rings (SSSR count). The van der Waals surface area contributed by atoms with E-state index in [1.165, 1.54) is 34.5 Å². The van der Waals surface area contributed by atoms with Crippen molar-refractivity contribution < 1.29 is 49.5 Å². The number of ether oxygens (including phenoxy) is 5. The molecule has 0 saturated heterocycles. The summed E-state index contributed by atoms with van der Waals surface area (Å²) in [4.78, 5) is 0. The van der Waals surface area contributed by atoms with Crippen molar-refractivity contribution in [2.24, 2.45) is 0 Å². The average Bonchev–Trinajstić information content (AvgIpc) is 2.90. The molecule has 0 amide bonds. The van der Waals surface area contributed by atoms with Gasteiger partial charge in [0.1, 0.15) is 0 Å². The van der Waals surface area contributed by atoms with Crippen LogP contribution in [0.2, 0.25) is 0 Å². The van der Waals surface area contributed by atoms with E-state index in [9.17, 15) is 21.6 Å². The average molecular weight is 464 g/mol. The summed E-state index contributed by atoms with van der Waals surface area (Å²) in [6, 6.07) is 4.48. The van der Waals surface area contributed by atoms with Gasteiger partial charge in [0.25, 0.3) is 0 Å². The zero-order valence-electron chi connectivity index (χ0n) is 17.0. The second kappa shape index (κ2) is 8.35.